The van der Waals surface area contributed by atoms with E-state index in [-0.39, 0.29) is 18.1 Å². The minimum absolute atomic E-state index is 0.0466. The molecule has 9 heteroatoms. The molecule has 0 bridgehead atoms. The molecule has 4 aromatic rings. The normalized spacial score (nSPS) is 11.0. The van der Waals surface area contributed by atoms with E-state index in [0.29, 0.717) is 17.2 Å². The van der Waals surface area contributed by atoms with Gasteiger partial charge >= 0.3 is 0 Å². The zero-order chi connectivity index (χ0) is 20.5. The third-order valence-corrected chi connectivity index (χ3v) is 4.41. The van der Waals surface area contributed by atoms with Gasteiger partial charge in [0.2, 0.25) is 11.8 Å². The fraction of sp³-hybridized carbons (Fsp3) is 0.150. The van der Waals surface area contributed by atoms with Crippen LogP contribution in [0.15, 0.2) is 51.5 Å². The first-order valence-corrected chi connectivity index (χ1v) is 8.71. The van der Waals surface area contributed by atoms with Crippen molar-refractivity contribution >= 4 is 11.6 Å². The number of nitrogens with zero attached hydrogens (tertiary/aromatic N) is 3. The highest BCUT2D eigenvalue weighted by atomic mass is 19.1. The number of aryl methyl sites for hydroxylation is 1. The van der Waals surface area contributed by atoms with Crippen LogP contribution in [-0.2, 0) is 11.3 Å². The van der Waals surface area contributed by atoms with Gasteiger partial charge in [0.25, 0.3) is 5.89 Å². The minimum atomic E-state index is -0.764. The number of carbonyl (C=O) groups is 1. The molecule has 0 fully saturated rings. The van der Waals surface area contributed by atoms with Crippen molar-refractivity contribution in [1.29, 1.82) is 0 Å². The summed E-state index contributed by atoms with van der Waals surface area (Å²) in [6.45, 7) is 3.60. The summed E-state index contributed by atoms with van der Waals surface area (Å²) >= 11 is 0. The molecule has 0 aliphatic rings. The fourth-order valence-corrected chi connectivity index (χ4v) is 3.06. The predicted octanol–water partition coefficient (Wildman–Crippen LogP) is 4.33. The Morgan fingerprint density at radius 3 is 2.52 bits per heavy atom. The number of amides is 1. The van der Waals surface area contributed by atoms with E-state index in [9.17, 15) is 13.6 Å². The number of carbonyl (C=O) groups excluding carboxylic acids is 1. The average molecular weight is 398 g/mol. The van der Waals surface area contributed by atoms with Gasteiger partial charge in [0.1, 0.15) is 18.2 Å². The molecule has 0 atom stereocenters. The van der Waals surface area contributed by atoms with Gasteiger partial charge in [0.05, 0.1) is 11.8 Å². The molecule has 3 aromatic heterocycles. The van der Waals surface area contributed by atoms with Crippen molar-refractivity contribution in [3.8, 4) is 23.1 Å². The van der Waals surface area contributed by atoms with Crippen LogP contribution < -0.4 is 5.32 Å². The second kappa shape index (κ2) is 7.34. The molecule has 4 rings (SSSR count). The standard InChI is InChI=1S/C20H16F2N4O3/c1-11-6-16(19-24-25-20(29-19)17-4-3-5-28-17)12(2)26(11)10-18(27)23-15-8-13(21)7-14(22)9-15/h3-9H,10H2,1-2H3,(H,23,27). The van der Waals surface area contributed by atoms with Crippen LogP contribution in [0.5, 0.6) is 0 Å². The molecule has 7 nitrogen and oxygen atoms in total. The maximum Gasteiger partial charge on any atom is 0.283 e. The molecule has 0 spiro atoms. The highest BCUT2D eigenvalue weighted by molar-refractivity contribution is 5.90. The quantitative estimate of drug-likeness (QED) is 0.541. The molecular formula is C20H16F2N4O3. The van der Waals surface area contributed by atoms with Crippen molar-refractivity contribution in [2.45, 2.75) is 20.4 Å². The van der Waals surface area contributed by atoms with E-state index >= 15 is 0 Å². The lowest BCUT2D eigenvalue weighted by Gasteiger charge is -2.10. The van der Waals surface area contributed by atoms with Crippen LogP contribution >= 0.6 is 0 Å². The summed E-state index contributed by atoms with van der Waals surface area (Å²) < 4.78 is 39.3. The van der Waals surface area contributed by atoms with Gasteiger partial charge in [0, 0.05) is 23.1 Å². The number of hydrogen-bond donors (Lipinski definition) is 1. The second-order valence-corrected chi connectivity index (χ2v) is 6.47. The summed E-state index contributed by atoms with van der Waals surface area (Å²) in [5.41, 5.74) is 2.25. The number of furan rings is 1. The van der Waals surface area contributed by atoms with Crippen molar-refractivity contribution < 1.29 is 22.4 Å². The Morgan fingerprint density at radius 1 is 1.10 bits per heavy atom. The first-order chi connectivity index (χ1) is 13.9. The first kappa shape index (κ1) is 18.6. The van der Waals surface area contributed by atoms with Gasteiger partial charge in [-0.05, 0) is 44.2 Å². The lowest BCUT2D eigenvalue weighted by atomic mass is 10.2. The summed E-state index contributed by atoms with van der Waals surface area (Å²) in [6, 6.07) is 8.09. The van der Waals surface area contributed by atoms with E-state index in [2.05, 4.69) is 15.5 Å². The molecule has 0 saturated heterocycles. The van der Waals surface area contributed by atoms with E-state index in [1.54, 1.807) is 16.7 Å². The summed E-state index contributed by atoms with van der Waals surface area (Å²) in [4.78, 5) is 12.4. The van der Waals surface area contributed by atoms with Crippen molar-refractivity contribution in [3.05, 3.63) is 65.7 Å². The van der Waals surface area contributed by atoms with Crippen molar-refractivity contribution in [1.82, 2.24) is 14.8 Å². The van der Waals surface area contributed by atoms with Crippen LogP contribution in [0.4, 0.5) is 14.5 Å². The van der Waals surface area contributed by atoms with Crippen LogP contribution in [0.25, 0.3) is 23.1 Å². The molecule has 0 aliphatic carbocycles. The van der Waals surface area contributed by atoms with Gasteiger partial charge in [-0.25, -0.2) is 8.78 Å². The highest BCUT2D eigenvalue weighted by Crippen LogP contribution is 2.29. The summed E-state index contributed by atoms with van der Waals surface area (Å²) in [5, 5.41) is 10.5. The molecule has 0 saturated carbocycles. The zero-order valence-electron chi connectivity index (χ0n) is 15.6. The Kier molecular flexibility index (Phi) is 4.71. The molecule has 0 radical (unpaired) electrons. The zero-order valence-corrected chi connectivity index (χ0v) is 15.6. The van der Waals surface area contributed by atoms with Crippen LogP contribution in [0.1, 0.15) is 11.4 Å². The SMILES string of the molecule is Cc1cc(-c2nnc(-c3ccco3)o2)c(C)n1CC(=O)Nc1cc(F)cc(F)c1. The van der Waals surface area contributed by atoms with Gasteiger partial charge in [-0.1, -0.05) is 0 Å². The van der Waals surface area contributed by atoms with Crippen molar-refractivity contribution in [2.24, 2.45) is 0 Å². The van der Waals surface area contributed by atoms with Crippen LogP contribution in [0.2, 0.25) is 0 Å². The Bertz CT molecular complexity index is 1160. The van der Waals surface area contributed by atoms with Gasteiger partial charge < -0.3 is 18.7 Å². The number of anilines is 1. The van der Waals surface area contributed by atoms with E-state index in [1.807, 2.05) is 19.9 Å². The summed E-state index contributed by atoms with van der Waals surface area (Å²) in [6.07, 6.45) is 1.51. The molecule has 0 aliphatic heterocycles. The third-order valence-electron chi connectivity index (χ3n) is 4.41. The molecular weight excluding hydrogens is 382 g/mol. The van der Waals surface area contributed by atoms with E-state index in [0.717, 1.165) is 29.6 Å². The van der Waals surface area contributed by atoms with Gasteiger partial charge in [-0.3, -0.25) is 4.79 Å². The largest absolute Gasteiger partial charge is 0.459 e. The average Bonchev–Trinajstić information content (AvgIpc) is 3.37. The Labute approximate surface area is 164 Å². The smallest absolute Gasteiger partial charge is 0.283 e. The highest BCUT2D eigenvalue weighted by Gasteiger charge is 2.19. The molecule has 3 heterocycles. The van der Waals surface area contributed by atoms with Crippen molar-refractivity contribution in [3.63, 3.8) is 0 Å². The van der Waals surface area contributed by atoms with Crippen LogP contribution in [0.3, 0.4) is 0 Å². The Morgan fingerprint density at radius 2 is 1.83 bits per heavy atom. The Balaban J connectivity index is 1.55. The van der Waals surface area contributed by atoms with E-state index in [1.165, 1.54) is 6.26 Å². The molecule has 1 amide bonds. The number of halogens is 2. The van der Waals surface area contributed by atoms with Gasteiger partial charge in [-0.15, -0.1) is 10.2 Å². The predicted molar refractivity (Wildman–Crippen MR) is 99.9 cm³/mol. The monoisotopic (exact) mass is 398 g/mol. The van der Waals surface area contributed by atoms with E-state index in [4.69, 9.17) is 8.83 Å². The number of nitrogens with one attached hydrogen (secondary N) is 1. The molecule has 0 unspecified atom stereocenters. The summed E-state index contributed by atoms with van der Waals surface area (Å²) in [7, 11) is 0. The molecule has 148 valence electrons. The first-order valence-electron chi connectivity index (χ1n) is 8.71. The molecule has 1 N–H and O–H groups in total. The second-order valence-electron chi connectivity index (χ2n) is 6.47. The van der Waals surface area contributed by atoms with Gasteiger partial charge in [0.15, 0.2) is 5.76 Å². The number of aromatic nitrogens is 3. The topological polar surface area (TPSA) is 86.1 Å². The molecule has 29 heavy (non-hydrogen) atoms. The number of hydrogen-bond acceptors (Lipinski definition) is 5. The van der Waals surface area contributed by atoms with E-state index < -0.39 is 17.5 Å². The fourth-order valence-electron chi connectivity index (χ4n) is 3.06. The minimum Gasteiger partial charge on any atom is -0.459 e. The number of benzene rings is 1. The Hall–Kier alpha value is -3.75. The maximum absolute atomic E-state index is 13.3. The van der Waals surface area contributed by atoms with Crippen molar-refractivity contribution in [2.75, 3.05) is 5.32 Å². The molecule has 1 aromatic carbocycles. The van der Waals surface area contributed by atoms with Gasteiger partial charge in [-0.2, -0.15) is 0 Å². The van der Waals surface area contributed by atoms with Crippen LogP contribution in [-0.4, -0.2) is 20.7 Å². The third kappa shape index (κ3) is 3.79. The summed E-state index contributed by atoms with van der Waals surface area (Å²) in [5.74, 6) is -0.951. The van der Waals surface area contributed by atoms with Crippen LogP contribution in [0, 0.1) is 25.5 Å². The number of rotatable bonds is 5. The lowest BCUT2D eigenvalue weighted by molar-refractivity contribution is -0.116. The lowest BCUT2D eigenvalue weighted by Crippen LogP contribution is -2.20. The maximum atomic E-state index is 13.3.